The number of para-hydroxylation sites is 1. The molecule has 26 heavy (non-hydrogen) atoms. The molecule has 1 N–H and O–H groups in total. The van der Waals surface area contributed by atoms with E-state index in [0.717, 1.165) is 11.3 Å². The van der Waals surface area contributed by atoms with Crippen molar-refractivity contribution >= 4 is 12.0 Å². The number of pyridine rings is 1. The van der Waals surface area contributed by atoms with Gasteiger partial charge in [0.05, 0.1) is 5.69 Å². The summed E-state index contributed by atoms with van der Waals surface area (Å²) in [5.41, 5.74) is 3.14. The molecule has 0 bridgehead atoms. The number of likely N-dealkylation sites (N-methyl/N-ethyl adjacent to an activating group) is 1. The lowest BCUT2D eigenvalue weighted by atomic mass is 10.1. The highest BCUT2D eigenvalue weighted by Gasteiger charge is 2.14. The second-order valence-corrected chi connectivity index (χ2v) is 5.48. The van der Waals surface area contributed by atoms with Gasteiger partial charge < -0.3 is 5.32 Å². The standard InChI is InChI=1S/C20H17N5O/c1-2-23-20(26)16(13-21)12-17-14-25(18-6-4-3-5-7-18)24-19(17)15-8-10-22-11-9-15/h3-12,14H,2H2,1H3,(H,23,26)/b16-12-. The van der Waals surface area contributed by atoms with Gasteiger partial charge in [-0.3, -0.25) is 9.78 Å². The van der Waals surface area contributed by atoms with Gasteiger partial charge in [0.25, 0.3) is 5.91 Å². The molecule has 0 aliphatic rings. The summed E-state index contributed by atoms with van der Waals surface area (Å²) in [4.78, 5) is 16.1. The minimum atomic E-state index is -0.400. The van der Waals surface area contributed by atoms with Crippen LogP contribution in [0.25, 0.3) is 23.0 Å². The normalized spacial score (nSPS) is 11.0. The predicted molar refractivity (Wildman–Crippen MR) is 99.1 cm³/mol. The molecule has 0 saturated heterocycles. The minimum Gasteiger partial charge on any atom is -0.352 e. The van der Waals surface area contributed by atoms with E-state index in [4.69, 9.17) is 0 Å². The number of carbonyl (C=O) groups is 1. The molecule has 0 atom stereocenters. The first-order valence-electron chi connectivity index (χ1n) is 8.18. The summed E-state index contributed by atoms with van der Waals surface area (Å²) in [7, 11) is 0. The zero-order valence-corrected chi connectivity index (χ0v) is 14.3. The zero-order valence-electron chi connectivity index (χ0n) is 14.3. The van der Waals surface area contributed by atoms with Crippen LogP contribution in [0.1, 0.15) is 12.5 Å². The van der Waals surface area contributed by atoms with Crippen LogP contribution < -0.4 is 5.32 Å². The average Bonchev–Trinajstić information content (AvgIpc) is 3.11. The number of hydrogen-bond acceptors (Lipinski definition) is 4. The van der Waals surface area contributed by atoms with Crippen molar-refractivity contribution in [3.05, 3.63) is 72.2 Å². The highest BCUT2D eigenvalue weighted by molar-refractivity contribution is 6.02. The monoisotopic (exact) mass is 343 g/mol. The number of amides is 1. The Labute approximate surface area is 151 Å². The lowest BCUT2D eigenvalue weighted by molar-refractivity contribution is -0.116. The summed E-state index contributed by atoms with van der Waals surface area (Å²) in [6, 6.07) is 15.3. The molecule has 128 valence electrons. The maximum atomic E-state index is 12.1. The molecule has 0 aliphatic heterocycles. The molecule has 0 spiro atoms. The van der Waals surface area contributed by atoms with E-state index in [9.17, 15) is 10.1 Å². The molecule has 1 amide bonds. The van der Waals surface area contributed by atoms with Crippen molar-refractivity contribution in [2.75, 3.05) is 6.54 Å². The quantitative estimate of drug-likeness (QED) is 0.570. The van der Waals surface area contributed by atoms with Crippen molar-refractivity contribution in [3.63, 3.8) is 0 Å². The van der Waals surface area contributed by atoms with E-state index in [1.54, 1.807) is 23.2 Å². The molecule has 6 heteroatoms. The van der Waals surface area contributed by atoms with Gasteiger partial charge in [-0.2, -0.15) is 10.4 Å². The second-order valence-electron chi connectivity index (χ2n) is 5.48. The van der Waals surface area contributed by atoms with Gasteiger partial charge in [0.1, 0.15) is 17.3 Å². The smallest absolute Gasteiger partial charge is 0.261 e. The van der Waals surface area contributed by atoms with Crippen molar-refractivity contribution in [1.29, 1.82) is 5.26 Å². The number of benzene rings is 1. The van der Waals surface area contributed by atoms with Crippen LogP contribution in [-0.2, 0) is 4.79 Å². The Morgan fingerprint density at radius 3 is 2.62 bits per heavy atom. The molecule has 6 nitrogen and oxygen atoms in total. The summed E-state index contributed by atoms with van der Waals surface area (Å²) >= 11 is 0. The third-order valence-electron chi connectivity index (χ3n) is 3.72. The minimum absolute atomic E-state index is 0.0368. The second kappa shape index (κ2) is 7.90. The SMILES string of the molecule is CCNC(=O)/C(C#N)=C\c1cn(-c2ccccc2)nc1-c1ccncc1. The maximum Gasteiger partial charge on any atom is 0.261 e. The van der Waals surface area contributed by atoms with Gasteiger partial charge >= 0.3 is 0 Å². The van der Waals surface area contributed by atoms with E-state index in [2.05, 4.69) is 15.4 Å². The molecule has 0 saturated carbocycles. The molecule has 1 aromatic carbocycles. The van der Waals surface area contributed by atoms with Crippen molar-refractivity contribution in [2.45, 2.75) is 6.92 Å². The highest BCUT2D eigenvalue weighted by atomic mass is 16.1. The van der Waals surface area contributed by atoms with Gasteiger partial charge in [0.2, 0.25) is 0 Å². The molecule has 0 aliphatic carbocycles. The van der Waals surface area contributed by atoms with Gasteiger partial charge in [-0.05, 0) is 37.3 Å². The Morgan fingerprint density at radius 2 is 1.96 bits per heavy atom. The first-order chi connectivity index (χ1) is 12.7. The van der Waals surface area contributed by atoms with Crippen molar-refractivity contribution in [2.24, 2.45) is 0 Å². The van der Waals surface area contributed by atoms with E-state index < -0.39 is 5.91 Å². The number of rotatable bonds is 5. The first kappa shape index (κ1) is 17.1. The van der Waals surface area contributed by atoms with E-state index in [1.807, 2.05) is 61.7 Å². The summed E-state index contributed by atoms with van der Waals surface area (Å²) < 4.78 is 1.73. The molecule has 2 heterocycles. The van der Waals surface area contributed by atoms with E-state index in [-0.39, 0.29) is 5.57 Å². The van der Waals surface area contributed by atoms with Crippen LogP contribution in [0.3, 0.4) is 0 Å². The lowest BCUT2D eigenvalue weighted by Gasteiger charge is -2.01. The van der Waals surface area contributed by atoms with Crippen LogP contribution in [0.5, 0.6) is 0 Å². The number of carbonyl (C=O) groups excluding carboxylic acids is 1. The summed E-state index contributed by atoms with van der Waals surface area (Å²) in [5.74, 6) is -0.400. The molecule has 3 aromatic rings. The van der Waals surface area contributed by atoms with Gasteiger partial charge in [-0.1, -0.05) is 18.2 Å². The molecule has 0 radical (unpaired) electrons. The van der Waals surface area contributed by atoms with E-state index in [1.165, 1.54) is 0 Å². The van der Waals surface area contributed by atoms with Gasteiger partial charge in [0.15, 0.2) is 0 Å². The van der Waals surface area contributed by atoms with Crippen LogP contribution in [0.15, 0.2) is 66.6 Å². The average molecular weight is 343 g/mol. The van der Waals surface area contributed by atoms with Crippen LogP contribution in [0, 0.1) is 11.3 Å². The van der Waals surface area contributed by atoms with Gasteiger partial charge in [-0.25, -0.2) is 4.68 Å². The Morgan fingerprint density at radius 1 is 1.23 bits per heavy atom. The maximum absolute atomic E-state index is 12.1. The number of nitrogens with one attached hydrogen (secondary N) is 1. The van der Waals surface area contributed by atoms with Crippen LogP contribution in [0.2, 0.25) is 0 Å². The predicted octanol–water partition coefficient (Wildman–Crippen LogP) is 2.98. The molecule has 3 rings (SSSR count). The van der Waals surface area contributed by atoms with Crippen LogP contribution in [0.4, 0.5) is 0 Å². The summed E-state index contributed by atoms with van der Waals surface area (Å²) in [6.07, 6.45) is 6.73. The molecular weight excluding hydrogens is 326 g/mol. The molecule has 2 aromatic heterocycles. The van der Waals surface area contributed by atoms with Crippen molar-refractivity contribution in [3.8, 4) is 23.0 Å². The fourth-order valence-corrected chi connectivity index (χ4v) is 2.50. The van der Waals surface area contributed by atoms with E-state index >= 15 is 0 Å². The molecule has 0 unspecified atom stereocenters. The van der Waals surface area contributed by atoms with E-state index in [0.29, 0.717) is 17.8 Å². The van der Waals surface area contributed by atoms with Crippen LogP contribution >= 0.6 is 0 Å². The highest BCUT2D eigenvalue weighted by Crippen LogP contribution is 2.25. The third-order valence-corrected chi connectivity index (χ3v) is 3.72. The third kappa shape index (κ3) is 3.68. The molecule has 0 fully saturated rings. The number of nitriles is 1. The lowest BCUT2D eigenvalue weighted by Crippen LogP contribution is -2.23. The van der Waals surface area contributed by atoms with Crippen molar-refractivity contribution in [1.82, 2.24) is 20.1 Å². The topological polar surface area (TPSA) is 83.6 Å². The Kier molecular flexibility index (Phi) is 5.20. The number of aromatic nitrogens is 3. The zero-order chi connectivity index (χ0) is 18.4. The van der Waals surface area contributed by atoms with Crippen LogP contribution in [-0.4, -0.2) is 27.2 Å². The van der Waals surface area contributed by atoms with Gasteiger partial charge in [0, 0.05) is 36.3 Å². The summed E-state index contributed by atoms with van der Waals surface area (Å²) in [6.45, 7) is 2.26. The fourth-order valence-electron chi connectivity index (χ4n) is 2.50. The van der Waals surface area contributed by atoms with Crippen molar-refractivity contribution < 1.29 is 4.79 Å². The number of nitrogens with zero attached hydrogens (tertiary/aromatic N) is 4. The summed E-state index contributed by atoms with van der Waals surface area (Å²) in [5, 5.41) is 16.6. The Bertz CT molecular complexity index is 968. The van der Waals surface area contributed by atoms with Gasteiger partial charge in [-0.15, -0.1) is 0 Å². The Balaban J connectivity index is 2.12. The first-order valence-corrected chi connectivity index (χ1v) is 8.18. The fraction of sp³-hybridized carbons (Fsp3) is 0.100. The Hall–Kier alpha value is -3.72. The number of hydrogen-bond donors (Lipinski definition) is 1. The largest absolute Gasteiger partial charge is 0.352 e. The molecular formula is C20H17N5O.